The molecule has 1 nitrogen and oxygen atoms in total. The van der Waals surface area contributed by atoms with Gasteiger partial charge in [0.25, 0.3) is 0 Å². The summed E-state index contributed by atoms with van der Waals surface area (Å²) in [6.45, 7) is 3.50. The number of hydrogen-bond acceptors (Lipinski definition) is 1. The van der Waals surface area contributed by atoms with Crippen molar-refractivity contribution in [1.82, 2.24) is 0 Å². The van der Waals surface area contributed by atoms with Crippen molar-refractivity contribution in [2.24, 2.45) is 0 Å². The van der Waals surface area contributed by atoms with E-state index in [0.717, 1.165) is 0 Å². The van der Waals surface area contributed by atoms with Gasteiger partial charge >= 0.3 is 0 Å². The van der Waals surface area contributed by atoms with Crippen molar-refractivity contribution in [3.63, 3.8) is 0 Å². The number of hydrogen-bond donors (Lipinski definition) is 1. The van der Waals surface area contributed by atoms with Gasteiger partial charge in [-0.1, -0.05) is 0 Å². The average molecular weight is 138 g/mol. The molecule has 0 unspecified atom stereocenters. The third-order valence-corrected chi connectivity index (χ3v) is 0. The van der Waals surface area contributed by atoms with Gasteiger partial charge < -0.3 is 5.41 Å². The maximum atomic E-state index is 6.50. The molecule has 0 rings (SSSR count). The Morgan fingerprint density at radius 3 is 1.40 bits per heavy atom. The number of rotatable bonds is 0. The molecule has 0 aliphatic heterocycles. The Morgan fingerprint density at radius 1 is 1.40 bits per heavy atom. The summed E-state index contributed by atoms with van der Waals surface area (Å²) in [7, 11) is 0. The first-order valence-electron chi connectivity index (χ1n) is 1.25. The summed E-state index contributed by atoms with van der Waals surface area (Å²) in [6, 6.07) is 0. The molecule has 0 heterocycles. The molecular weight excluding hydrogens is 130 g/mol. The van der Waals surface area contributed by atoms with Crippen molar-refractivity contribution >= 4 is 22.7 Å². The lowest BCUT2D eigenvalue weighted by molar-refractivity contribution is 1.45. The molecule has 0 saturated carbocycles. The number of nitrogens with one attached hydrogen (secondary N) is 1. The number of halogens is 1. The van der Waals surface area contributed by atoms with Crippen molar-refractivity contribution in [2.45, 2.75) is 13.8 Å². The highest BCUT2D eigenvalue weighted by molar-refractivity contribution is 8.93. The quantitative estimate of drug-likeness (QED) is 0.492. The molecule has 0 saturated heterocycles. The van der Waals surface area contributed by atoms with Gasteiger partial charge in [0.1, 0.15) is 0 Å². The van der Waals surface area contributed by atoms with E-state index in [4.69, 9.17) is 5.41 Å². The summed E-state index contributed by atoms with van der Waals surface area (Å²) < 4.78 is 0. The van der Waals surface area contributed by atoms with Gasteiger partial charge in [0.05, 0.1) is 0 Å². The van der Waals surface area contributed by atoms with Crippen molar-refractivity contribution in [3.05, 3.63) is 0 Å². The molecule has 5 heavy (non-hydrogen) atoms. The summed E-state index contributed by atoms with van der Waals surface area (Å²) >= 11 is 0. The third kappa shape index (κ3) is 853. The fourth-order valence-corrected chi connectivity index (χ4v) is 0. The molecule has 0 spiro atoms. The minimum absolute atomic E-state index is 0. The zero-order chi connectivity index (χ0) is 3.58. The zero-order valence-corrected chi connectivity index (χ0v) is 5.12. The summed E-state index contributed by atoms with van der Waals surface area (Å²) in [5.74, 6) is 0. The lowest BCUT2D eigenvalue weighted by atomic mass is 10.5. The van der Waals surface area contributed by atoms with E-state index in [-0.39, 0.29) is 17.0 Å². The Kier molecular flexibility index (Phi) is 7.42. The minimum atomic E-state index is 0. The highest BCUT2D eigenvalue weighted by atomic mass is 79.9. The van der Waals surface area contributed by atoms with Crippen LogP contribution in [0.3, 0.4) is 0 Å². The Bertz CT molecular complexity index is 29.9. The summed E-state index contributed by atoms with van der Waals surface area (Å²) in [6.07, 6.45) is 0. The van der Waals surface area contributed by atoms with Crippen LogP contribution in [0.4, 0.5) is 0 Å². The van der Waals surface area contributed by atoms with E-state index in [1.807, 2.05) is 0 Å². The Hall–Kier alpha value is 0.150. The molecule has 0 radical (unpaired) electrons. The van der Waals surface area contributed by atoms with Crippen LogP contribution in [0, 0.1) is 5.41 Å². The molecule has 32 valence electrons. The Labute approximate surface area is 42.7 Å². The molecule has 0 aromatic heterocycles. The highest BCUT2D eigenvalue weighted by Crippen LogP contribution is 1.52. The van der Waals surface area contributed by atoms with E-state index in [0.29, 0.717) is 5.71 Å². The summed E-state index contributed by atoms with van der Waals surface area (Å²) in [4.78, 5) is 0. The lowest BCUT2D eigenvalue weighted by Crippen LogP contribution is -1.67. The molecule has 2 heteroatoms. The second-order valence-corrected chi connectivity index (χ2v) is 1.00. The van der Waals surface area contributed by atoms with Gasteiger partial charge in [-0.2, -0.15) is 0 Å². The van der Waals surface area contributed by atoms with Gasteiger partial charge in [-0.15, -0.1) is 17.0 Å². The van der Waals surface area contributed by atoms with Gasteiger partial charge in [0.15, 0.2) is 0 Å². The largest absolute Gasteiger partial charge is 0.310 e. The molecule has 0 aliphatic rings. The lowest BCUT2D eigenvalue weighted by Gasteiger charge is -1.63. The molecular formula is C3H8BrN. The predicted octanol–water partition coefficient (Wildman–Crippen LogP) is 1.62. The van der Waals surface area contributed by atoms with Crippen molar-refractivity contribution in [3.8, 4) is 0 Å². The maximum absolute atomic E-state index is 6.50. The molecule has 0 amide bonds. The van der Waals surface area contributed by atoms with Crippen molar-refractivity contribution < 1.29 is 0 Å². The van der Waals surface area contributed by atoms with Crippen LogP contribution in [0.25, 0.3) is 0 Å². The molecule has 1 N–H and O–H groups in total. The van der Waals surface area contributed by atoms with Crippen LogP contribution >= 0.6 is 17.0 Å². The van der Waals surface area contributed by atoms with Gasteiger partial charge in [-0.3, -0.25) is 0 Å². The standard InChI is InChI=1S/C3H7N.BrH/c1-3(2)4;/h4H,1-2H3;1H. The topological polar surface area (TPSA) is 23.9 Å². The van der Waals surface area contributed by atoms with Crippen LogP contribution in [0.2, 0.25) is 0 Å². The zero-order valence-electron chi connectivity index (χ0n) is 3.41. The van der Waals surface area contributed by atoms with Crippen LogP contribution in [0.1, 0.15) is 13.8 Å². The first-order chi connectivity index (χ1) is 1.73. The monoisotopic (exact) mass is 137 g/mol. The van der Waals surface area contributed by atoms with E-state index < -0.39 is 0 Å². The predicted molar refractivity (Wildman–Crippen MR) is 29.4 cm³/mol. The second-order valence-electron chi connectivity index (χ2n) is 1.00. The Morgan fingerprint density at radius 2 is 1.40 bits per heavy atom. The van der Waals surface area contributed by atoms with E-state index in [9.17, 15) is 0 Å². The summed E-state index contributed by atoms with van der Waals surface area (Å²) in [5.41, 5.74) is 0.667. The van der Waals surface area contributed by atoms with Crippen molar-refractivity contribution in [1.29, 1.82) is 5.41 Å². The van der Waals surface area contributed by atoms with E-state index in [1.54, 1.807) is 13.8 Å². The fraction of sp³-hybridized carbons (Fsp3) is 0.667. The van der Waals surface area contributed by atoms with Crippen LogP contribution in [-0.4, -0.2) is 5.71 Å². The van der Waals surface area contributed by atoms with Crippen LogP contribution in [0.5, 0.6) is 0 Å². The summed E-state index contributed by atoms with van der Waals surface area (Å²) in [5, 5.41) is 6.50. The first kappa shape index (κ1) is 8.94. The first-order valence-corrected chi connectivity index (χ1v) is 1.25. The highest BCUT2D eigenvalue weighted by Gasteiger charge is 1.55. The minimum Gasteiger partial charge on any atom is -0.310 e. The third-order valence-electron chi connectivity index (χ3n) is 0. The average Bonchev–Trinajstić information content (AvgIpc) is 0.811. The fourth-order valence-electron chi connectivity index (χ4n) is 0. The maximum Gasteiger partial charge on any atom is 0.00272 e. The molecule has 0 atom stereocenters. The van der Waals surface area contributed by atoms with Gasteiger partial charge in [-0.25, -0.2) is 0 Å². The Balaban J connectivity index is 0. The van der Waals surface area contributed by atoms with E-state index in [2.05, 4.69) is 0 Å². The van der Waals surface area contributed by atoms with E-state index in [1.165, 1.54) is 0 Å². The SMILES string of the molecule is Br.CC(C)=N. The molecule has 0 aromatic carbocycles. The molecule has 0 fully saturated rings. The van der Waals surface area contributed by atoms with Gasteiger partial charge in [0, 0.05) is 5.71 Å². The normalized spacial score (nSPS) is 5.20. The molecule has 0 aliphatic carbocycles. The van der Waals surface area contributed by atoms with Crippen LogP contribution < -0.4 is 0 Å². The van der Waals surface area contributed by atoms with Crippen LogP contribution in [-0.2, 0) is 0 Å². The smallest absolute Gasteiger partial charge is 0.00272 e. The van der Waals surface area contributed by atoms with Crippen molar-refractivity contribution in [2.75, 3.05) is 0 Å². The van der Waals surface area contributed by atoms with Crippen LogP contribution in [0.15, 0.2) is 0 Å². The molecule has 0 bridgehead atoms. The van der Waals surface area contributed by atoms with Gasteiger partial charge in [-0.05, 0) is 13.8 Å². The second kappa shape index (κ2) is 4.15. The molecule has 0 aromatic rings. The van der Waals surface area contributed by atoms with E-state index >= 15 is 0 Å². The van der Waals surface area contributed by atoms with Gasteiger partial charge in [0.2, 0.25) is 0 Å².